The number of aromatic nitrogens is 2. The number of halogens is 3. The number of nitro benzene ring substituents is 1. The lowest BCUT2D eigenvalue weighted by Crippen LogP contribution is -2.34. The number of imidazole rings is 1. The molecule has 1 aliphatic heterocycles. The molecule has 2 heterocycles. The maximum absolute atomic E-state index is 13.5. The van der Waals surface area contributed by atoms with Gasteiger partial charge in [-0.2, -0.15) is 13.2 Å². The molecule has 1 saturated carbocycles. The van der Waals surface area contributed by atoms with Crippen molar-refractivity contribution in [1.82, 2.24) is 9.55 Å². The largest absolute Gasteiger partial charge is 0.449 e. The Morgan fingerprint density at radius 1 is 1.27 bits per heavy atom. The topological polar surface area (TPSA) is 64.2 Å². The van der Waals surface area contributed by atoms with Crippen LogP contribution in [0, 0.1) is 16.0 Å². The maximum atomic E-state index is 13.5. The second kappa shape index (κ2) is 5.85. The van der Waals surface area contributed by atoms with Gasteiger partial charge >= 0.3 is 6.18 Å². The summed E-state index contributed by atoms with van der Waals surface area (Å²) in [5.41, 5.74) is 0.468. The molecule has 2 fully saturated rings. The Bertz CT molecular complexity index is 873. The molecule has 0 spiro atoms. The fraction of sp³-hybridized carbons (Fsp3) is 0.588. The Kier molecular flexibility index (Phi) is 3.85. The summed E-state index contributed by atoms with van der Waals surface area (Å²) in [4.78, 5) is 16.7. The number of fused-ring (bicyclic) bond motifs is 1. The first kappa shape index (κ1) is 17.1. The van der Waals surface area contributed by atoms with Gasteiger partial charge in [0.1, 0.15) is 11.2 Å². The monoisotopic (exact) mass is 368 g/mol. The molecular weight excluding hydrogens is 349 g/mol. The lowest BCUT2D eigenvalue weighted by atomic mass is 9.99. The van der Waals surface area contributed by atoms with Crippen LogP contribution in [-0.2, 0) is 6.18 Å². The predicted octanol–water partition coefficient (Wildman–Crippen LogP) is 4.53. The van der Waals surface area contributed by atoms with Gasteiger partial charge in [-0.15, -0.1) is 0 Å². The first-order valence-corrected chi connectivity index (χ1v) is 8.79. The molecule has 0 N–H and O–H groups in total. The molecule has 0 bridgehead atoms. The van der Waals surface area contributed by atoms with E-state index in [0.717, 1.165) is 12.8 Å². The van der Waals surface area contributed by atoms with Crippen molar-refractivity contribution in [2.75, 3.05) is 18.0 Å². The summed E-state index contributed by atoms with van der Waals surface area (Å²) in [5.74, 6) is -0.631. The van der Waals surface area contributed by atoms with E-state index in [1.807, 2.05) is 11.8 Å². The minimum atomic E-state index is -4.59. The molecule has 1 aromatic carbocycles. The van der Waals surface area contributed by atoms with Crippen LogP contribution in [0.1, 0.15) is 44.5 Å². The van der Waals surface area contributed by atoms with Crippen molar-refractivity contribution in [2.24, 2.45) is 5.92 Å². The third-order valence-corrected chi connectivity index (χ3v) is 5.15. The highest BCUT2D eigenvalue weighted by atomic mass is 19.4. The zero-order valence-electron chi connectivity index (χ0n) is 14.3. The summed E-state index contributed by atoms with van der Waals surface area (Å²) < 4.78 is 41.8. The Morgan fingerprint density at radius 2 is 2.00 bits per heavy atom. The number of nitrogens with zero attached hydrogens (tertiary/aromatic N) is 4. The van der Waals surface area contributed by atoms with Crippen LogP contribution in [0.15, 0.2) is 12.1 Å². The van der Waals surface area contributed by atoms with E-state index in [9.17, 15) is 23.3 Å². The highest BCUT2D eigenvalue weighted by Crippen LogP contribution is 2.46. The Labute approximate surface area is 147 Å². The van der Waals surface area contributed by atoms with Gasteiger partial charge in [-0.25, -0.2) is 4.98 Å². The van der Waals surface area contributed by atoms with Gasteiger partial charge < -0.3 is 9.47 Å². The number of hydrogen-bond donors (Lipinski definition) is 0. The molecule has 1 atom stereocenters. The molecule has 9 heteroatoms. The third kappa shape index (κ3) is 2.79. The Hall–Kier alpha value is -2.32. The minimum Gasteiger partial charge on any atom is -0.364 e. The van der Waals surface area contributed by atoms with Crippen LogP contribution < -0.4 is 4.90 Å². The summed E-state index contributed by atoms with van der Waals surface area (Å²) in [5, 5.41) is 11.5. The number of benzene rings is 1. The maximum Gasteiger partial charge on any atom is 0.449 e. The van der Waals surface area contributed by atoms with Gasteiger partial charge in [0, 0.05) is 25.2 Å². The van der Waals surface area contributed by atoms with Gasteiger partial charge in [0.05, 0.1) is 10.4 Å². The van der Waals surface area contributed by atoms with Crippen LogP contribution in [0.5, 0.6) is 0 Å². The summed E-state index contributed by atoms with van der Waals surface area (Å²) in [6.07, 6.45) is -1.40. The number of piperidine rings is 1. The van der Waals surface area contributed by atoms with Crippen molar-refractivity contribution in [3.05, 3.63) is 28.1 Å². The number of anilines is 1. The molecule has 1 aliphatic carbocycles. The number of hydrogen-bond acceptors (Lipinski definition) is 4. The molecular formula is C17H19F3N4O2. The summed E-state index contributed by atoms with van der Waals surface area (Å²) in [7, 11) is 0. The van der Waals surface area contributed by atoms with E-state index in [-0.39, 0.29) is 22.9 Å². The normalized spacial score (nSPS) is 21.4. The quantitative estimate of drug-likeness (QED) is 0.590. The van der Waals surface area contributed by atoms with Crippen molar-refractivity contribution in [1.29, 1.82) is 0 Å². The number of rotatable bonds is 3. The second-order valence-electron chi connectivity index (χ2n) is 7.29. The van der Waals surface area contributed by atoms with E-state index >= 15 is 0 Å². The van der Waals surface area contributed by atoms with Gasteiger partial charge in [0.25, 0.3) is 5.69 Å². The molecule has 6 nitrogen and oxygen atoms in total. The number of alkyl halides is 3. The fourth-order valence-electron chi connectivity index (χ4n) is 3.89. The molecule has 4 rings (SSSR count). The first-order chi connectivity index (χ1) is 12.3. The molecule has 2 aliphatic rings. The molecule has 0 unspecified atom stereocenters. The van der Waals surface area contributed by atoms with E-state index in [0.29, 0.717) is 37.4 Å². The van der Waals surface area contributed by atoms with Crippen LogP contribution in [0.4, 0.5) is 24.5 Å². The van der Waals surface area contributed by atoms with Gasteiger partial charge in [-0.05, 0) is 37.7 Å². The highest BCUT2D eigenvalue weighted by Gasteiger charge is 2.43. The van der Waals surface area contributed by atoms with E-state index in [1.54, 1.807) is 0 Å². The van der Waals surface area contributed by atoms with Crippen LogP contribution in [0.2, 0.25) is 0 Å². The summed E-state index contributed by atoms with van der Waals surface area (Å²) in [6.45, 7) is 3.21. The van der Waals surface area contributed by atoms with Crippen molar-refractivity contribution >= 4 is 22.4 Å². The molecule has 2 aromatic rings. The first-order valence-electron chi connectivity index (χ1n) is 8.79. The van der Waals surface area contributed by atoms with E-state index in [4.69, 9.17) is 0 Å². The standard InChI is InChI=1S/C17H19F3N4O2/c1-10-3-2-8-22(9-10)15-13(24(25)26)7-6-12-14(15)21-16(17(18,19)20)23(12)11-4-5-11/h6-7,10-11H,2-5,8-9H2,1H3/t10-/m1/s1. The van der Waals surface area contributed by atoms with Crippen LogP contribution >= 0.6 is 0 Å². The smallest absolute Gasteiger partial charge is 0.364 e. The van der Waals surface area contributed by atoms with Crippen LogP contribution in [0.25, 0.3) is 11.0 Å². The van der Waals surface area contributed by atoms with Crippen molar-refractivity contribution in [3.8, 4) is 0 Å². The van der Waals surface area contributed by atoms with Gasteiger partial charge in [0.15, 0.2) is 0 Å². The lowest BCUT2D eigenvalue weighted by molar-refractivity contribution is -0.384. The third-order valence-electron chi connectivity index (χ3n) is 5.15. The molecule has 0 amide bonds. The van der Waals surface area contributed by atoms with Gasteiger partial charge in [-0.1, -0.05) is 6.92 Å². The highest BCUT2D eigenvalue weighted by molar-refractivity contribution is 5.95. The van der Waals surface area contributed by atoms with Crippen molar-refractivity contribution < 1.29 is 18.1 Å². The predicted molar refractivity (Wildman–Crippen MR) is 90.3 cm³/mol. The summed E-state index contributed by atoms with van der Waals surface area (Å²) >= 11 is 0. The molecule has 1 saturated heterocycles. The zero-order valence-corrected chi connectivity index (χ0v) is 14.3. The van der Waals surface area contributed by atoms with Crippen LogP contribution in [-0.4, -0.2) is 27.6 Å². The van der Waals surface area contributed by atoms with Gasteiger partial charge in [0.2, 0.25) is 5.82 Å². The van der Waals surface area contributed by atoms with Crippen LogP contribution in [0.3, 0.4) is 0 Å². The fourth-order valence-corrected chi connectivity index (χ4v) is 3.89. The van der Waals surface area contributed by atoms with E-state index < -0.39 is 16.9 Å². The van der Waals surface area contributed by atoms with E-state index in [1.165, 1.54) is 16.7 Å². The Morgan fingerprint density at radius 3 is 2.58 bits per heavy atom. The average molecular weight is 368 g/mol. The second-order valence-corrected chi connectivity index (χ2v) is 7.29. The zero-order chi connectivity index (χ0) is 18.6. The average Bonchev–Trinajstić information content (AvgIpc) is 3.32. The molecule has 1 aromatic heterocycles. The minimum absolute atomic E-state index is 0.0903. The van der Waals surface area contributed by atoms with Crippen molar-refractivity contribution in [3.63, 3.8) is 0 Å². The summed E-state index contributed by atoms with van der Waals surface area (Å²) in [6, 6.07) is 2.49. The molecule has 140 valence electrons. The SMILES string of the molecule is C[C@@H]1CCCN(c2c([N+](=O)[O-])ccc3c2nc(C(F)(F)F)n3C2CC2)C1. The number of nitro groups is 1. The molecule has 0 radical (unpaired) electrons. The Balaban J connectivity index is 1.98. The van der Waals surface area contributed by atoms with Gasteiger partial charge in [-0.3, -0.25) is 10.1 Å². The molecule has 26 heavy (non-hydrogen) atoms. The lowest BCUT2D eigenvalue weighted by Gasteiger charge is -2.32. The van der Waals surface area contributed by atoms with E-state index in [2.05, 4.69) is 4.98 Å². The van der Waals surface area contributed by atoms with Crippen molar-refractivity contribution in [2.45, 2.75) is 44.8 Å².